The van der Waals surface area contributed by atoms with Crippen LogP contribution < -0.4 is 25.6 Å². The van der Waals surface area contributed by atoms with Crippen molar-refractivity contribution in [2.45, 2.75) is 11.8 Å². The predicted octanol–water partition coefficient (Wildman–Crippen LogP) is 2.26. The summed E-state index contributed by atoms with van der Waals surface area (Å²) in [6.07, 6.45) is 0. The molecule has 2 aromatic carbocycles. The maximum Gasteiger partial charge on any atom is 0.339 e. The number of hydrazine groups is 1. The fourth-order valence-electron chi connectivity index (χ4n) is 2.50. The van der Waals surface area contributed by atoms with E-state index in [2.05, 4.69) is 26.0 Å². The Hall–Kier alpha value is -4.06. The molecule has 3 aromatic rings. The van der Waals surface area contributed by atoms with E-state index in [0.29, 0.717) is 11.5 Å². The monoisotopic (exact) mass is 445 g/mol. The summed E-state index contributed by atoms with van der Waals surface area (Å²) in [6.45, 7) is 1.65. The van der Waals surface area contributed by atoms with Crippen LogP contribution in [0.3, 0.4) is 0 Å². The Bertz CT molecular complexity index is 1210. The number of urea groups is 1. The molecule has 0 aliphatic heterocycles. The van der Waals surface area contributed by atoms with Gasteiger partial charge in [0.15, 0.2) is 5.82 Å². The first-order chi connectivity index (χ1) is 14.8. The molecule has 0 radical (unpaired) electrons. The summed E-state index contributed by atoms with van der Waals surface area (Å²) >= 11 is 0. The standard InChI is InChI=1S/C19H19N5O6S/c1-12-10-17(23-30-12)20-19(26)22-21-18(25)13-6-5-7-14(11-13)31(27,28)24-15-8-3-4-9-16(15)29-2/h3-11,24H,1-2H3,(H,21,25)(H2,20,22,23,26). The molecular formula is C19H19N5O6S. The molecule has 3 rings (SSSR count). The summed E-state index contributed by atoms with van der Waals surface area (Å²) in [4.78, 5) is 24.0. The first-order valence-corrected chi connectivity index (χ1v) is 10.3. The second-order valence-electron chi connectivity index (χ2n) is 6.19. The van der Waals surface area contributed by atoms with Gasteiger partial charge in [-0.1, -0.05) is 23.4 Å². The lowest BCUT2D eigenvalue weighted by Gasteiger charge is -2.12. The minimum absolute atomic E-state index is 0.0143. The molecule has 0 unspecified atom stereocenters. The molecule has 12 heteroatoms. The highest BCUT2D eigenvalue weighted by molar-refractivity contribution is 7.92. The van der Waals surface area contributed by atoms with E-state index in [9.17, 15) is 18.0 Å². The largest absolute Gasteiger partial charge is 0.495 e. The van der Waals surface area contributed by atoms with Gasteiger partial charge in [0.25, 0.3) is 15.9 Å². The van der Waals surface area contributed by atoms with Crippen molar-refractivity contribution < 1.29 is 27.3 Å². The number of hydrogen-bond acceptors (Lipinski definition) is 7. The number of carbonyl (C=O) groups excluding carboxylic acids is 2. The molecule has 0 bridgehead atoms. The van der Waals surface area contributed by atoms with Crippen LogP contribution in [0.15, 0.2) is 64.0 Å². The Kier molecular flexibility index (Phi) is 6.40. The zero-order valence-electron chi connectivity index (χ0n) is 16.5. The highest BCUT2D eigenvalue weighted by Gasteiger charge is 2.18. The van der Waals surface area contributed by atoms with Gasteiger partial charge < -0.3 is 9.26 Å². The van der Waals surface area contributed by atoms with Crippen molar-refractivity contribution in [3.05, 3.63) is 65.9 Å². The summed E-state index contributed by atoms with van der Waals surface area (Å²) in [6, 6.07) is 12.6. The summed E-state index contributed by atoms with van der Waals surface area (Å²) in [7, 11) is -2.58. The van der Waals surface area contributed by atoms with Crippen LogP contribution in [0.1, 0.15) is 16.1 Å². The topological polar surface area (TPSA) is 152 Å². The van der Waals surface area contributed by atoms with Crippen LogP contribution in [0.2, 0.25) is 0 Å². The lowest BCUT2D eigenvalue weighted by atomic mass is 10.2. The number of anilines is 2. The van der Waals surface area contributed by atoms with Crippen molar-refractivity contribution in [2.75, 3.05) is 17.1 Å². The number of ether oxygens (including phenoxy) is 1. The number of carbonyl (C=O) groups is 2. The minimum atomic E-state index is -4.00. The van der Waals surface area contributed by atoms with Gasteiger partial charge in [-0.15, -0.1) is 0 Å². The number of sulfonamides is 1. The molecule has 0 saturated carbocycles. The smallest absolute Gasteiger partial charge is 0.339 e. The van der Waals surface area contributed by atoms with E-state index in [4.69, 9.17) is 9.26 Å². The third-order valence-corrected chi connectivity index (χ3v) is 5.28. The highest BCUT2D eigenvalue weighted by Crippen LogP contribution is 2.26. The van der Waals surface area contributed by atoms with Gasteiger partial charge in [0, 0.05) is 11.6 Å². The Morgan fingerprint density at radius 1 is 1.03 bits per heavy atom. The van der Waals surface area contributed by atoms with Crippen LogP contribution in [0.25, 0.3) is 0 Å². The molecule has 0 aliphatic carbocycles. The number of aryl methyl sites for hydroxylation is 1. The zero-order chi connectivity index (χ0) is 22.4. The van der Waals surface area contributed by atoms with Crippen molar-refractivity contribution in [1.29, 1.82) is 0 Å². The molecule has 1 heterocycles. The van der Waals surface area contributed by atoms with E-state index in [1.54, 1.807) is 31.2 Å². The van der Waals surface area contributed by atoms with Gasteiger partial charge in [0.2, 0.25) is 0 Å². The van der Waals surface area contributed by atoms with E-state index in [-0.39, 0.29) is 22.0 Å². The third-order valence-electron chi connectivity index (χ3n) is 3.92. The van der Waals surface area contributed by atoms with Gasteiger partial charge in [0.05, 0.1) is 17.7 Å². The van der Waals surface area contributed by atoms with Crippen LogP contribution in [-0.4, -0.2) is 32.6 Å². The number of rotatable bonds is 6. The number of methoxy groups -OCH3 is 1. The van der Waals surface area contributed by atoms with Crippen molar-refractivity contribution >= 4 is 33.5 Å². The van der Waals surface area contributed by atoms with E-state index >= 15 is 0 Å². The lowest BCUT2D eigenvalue weighted by molar-refractivity contribution is 0.0937. The number of benzene rings is 2. The van der Waals surface area contributed by atoms with Gasteiger partial charge in [0.1, 0.15) is 11.5 Å². The molecule has 4 N–H and O–H groups in total. The van der Waals surface area contributed by atoms with Gasteiger partial charge >= 0.3 is 6.03 Å². The summed E-state index contributed by atoms with van der Waals surface area (Å²) in [5.74, 6) is 0.289. The van der Waals surface area contributed by atoms with E-state index in [1.807, 2.05) is 0 Å². The van der Waals surface area contributed by atoms with Crippen LogP contribution in [0.4, 0.5) is 16.3 Å². The third kappa shape index (κ3) is 5.51. The van der Waals surface area contributed by atoms with Crippen LogP contribution in [-0.2, 0) is 10.0 Å². The number of amides is 3. The zero-order valence-corrected chi connectivity index (χ0v) is 17.3. The molecule has 31 heavy (non-hydrogen) atoms. The number of para-hydroxylation sites is 2. The molecule has 0 atom stereocenters. The molecule has 0 spiro atoms. The van der Waals surface area contributed by atoms with E-state index < -0.39 is 22.0 Å². The maximum absolute atomic E-state index is 12.7. The molecule has 11 nitrogen and oxygen atoms in total. The van der Waals surface area contributed by atoms with Gasteiger partial charge in [-0.25, -0.2) is 18.6 Å². The van der Waals surface area contributed by atoms with Crippen molar-refractivity contribution in [2.24, 2.45) is 0 Å². The molecule has 1 aromatic heterocycles. The summed E-state index contributed by atoms with van der Waals surface area (Å²) in [5.41, 5.74) is 4.58. The first kappa shape index (κ1) is 21.6. The maximum atomic E-state index is 12.7. The van der Waals surface area contributed by atoms with Crippen LogP contribution in [0, 0.1) is 6.92 Å². The lowest BCUT2D eigenvalue weighted by Crippen LogP contribution is -2.44. The number of hydrogen-bond donors (Lipinski definition) is 4. The van der Waals surface area contributed by atoms with Crippen LogP contribution in [0.5, 0.6) is 5.75 Å². The number of aromatic nitrogens is 1. The molecule has 162 valence electrons. The Morgan fingerprint density at radius 3 is 2.52 bits per heavy atom. The van der Waals surface area contributed by atoms with Crippen molar-refractivity contribution in [3.63, 3.8) is 0 Å². The Labute approximate surface area is 177 Å². The number of nitrogens with zero attached hydrogens (tertiary/aromatic N) is 1. The van der Waals surface area contributed by atoms with E-state index in [1.165, 1.54) is 37.4 Å². The first-order valence-electron chi connectivity index (χ1n) is 8.85. The minimum Gasteiger partial charge on any atom is -0.495 e. The average molecular weight is 445 g/mol. The molecular weight excluding hydrogens is 426 g/mol. The van der Waals surface area contributed by atoms with Gasteiger partial charge in [-0.2, -0.15) is 0 Å². The van der Waals surface area contributed by atoms with Crippen LogP contribution >= 0.6 is 0 Å². The summed E-state index contributed by atoms with van der Waals surface area (Å²) in [5, 5.41) is 5.94. The fraction of sp³-hybridized carbons (Fsp3) is 0.105. The number of nitrogens with one attached hydrogen (secondary N) is 4. The Balaban J connectivity index is 1.67. The molecule has 0 aliphatic rings. The SMILES string of the molecule is COc1ccccc1NS(=O)(=O)c1cccc(C(=O)NNC(=O)Nc2cc(C)on2)c1. The predicted molar refractivity (Wildman–Crippen MR) is 111 cm³/mol. The quantitative estimate of drug-likeness (QED) is 0.425. The van der Waals surface area contributed by atoms with E-state index in [0.717, 1.165) is 0 Å². The Morgan fingerprint density at radius 2 is 1.81 bits per heavy atom. The molecule has 0 fully saturated rings. The normalized spacial score (nSPS) is 10.8. The molecule has 0 saturated heterocycles. The second-order valence-corrected chi connectivity index (χ2v) is 7.87. The second kappa shape index (κ2) is 9.17. The van der Waals surface area contributed by atoms with Gasteiger partial charge in [-0.05, 0) is 37.3 Å². The fourth-order valence-corrected chi connectivity index (χ4v) is 3.61. The average Bonchev–Trinajstić information content (AvgIpc) is 3.16. The highest BCUT2D eigenvalue weighted by atomic mass is 32.2. The van der Waals surface area contributed by atoms with Crippen molar-refractivity contribution in [1.82, 2.24) is 16.0 Å². The van der Waals surface area contributed by atoms with Crippen molar-refractivity contribution in [3.8, 4) is 5.75 Å². The summed E-state index contributed by atoms with van der Waals surface area (Å²) < 4.78 is 37.8. The van der Waals surface area contributed by atoms with Gasteiger partial charge in [-0.3, -0.25) is 20.3 Å². The molecule has 3 amide bonds.